The average Bonchev–Trinajstić information content (AvgIpc) is 2.98. The van der Waals surface area contributed by atoms with Crippen molar-refractivity contribution in [2.24, 2.45) is 17.3 Å². The first kappa shape index (κ1) is 21.1. The number of rotatable bonds is 6. The van der Waals surface area contributed by atoms with E-state index in [1.54, 1.807) is 11.3 Å². The Balaban J connectivity index is 0.00000261. The Kier molecular flexibility index (Phi) is 7.51. The van der Waals surface area contributed by atoms with E-state index >= 15 is 0 Å². The van der Waals surface area contributed by atoms with Gasteiger partial charge in [0.15, 0.2) is 0 Å². The van der Waals surface area contributed by atoms with E-state index in [4.69, 9.17) is 0 Å². The van der Waals surface area contributed by atoms with Crippen molar-refractivity contribution in [2.75, 3.05) is 11.4 Å². The van der Waals surface area contributed by atoms with Crippen molar-refractivity contribution < 1.29 is 17.0 Å². The number of aryl methyl sites for hydroxylation is 2. The van der Waals surface area contributed by atoms with Crippen LogP contribution in [0.5, 0.6) is 0 Å². The Bertz CT molecular complexity index is 906. The molecule has 142 valence electrons. The van der Waals surface area contributed by atoms with Gasteiger partial charge in [-0.05, 0) is 66.5 Å². The minimum absolute atomic E-state index is 0. The first-order valence-electron chi connectivity index (χ1n) is 8.84. The van der Waals surface area contributed by atoms with Crippen molar-refractivity contribution in [1.82, 2.24) is 0 Å². The number of hydrogen-bond donors (Lipinski definition) is 0. The van der Waals surface area contributed by atoms with E-state index < -0.39 is 0 Å². The first-order chi connectivity index (χ1) is 12.6. The van der Waals surface area contributed by atoms with Gasteiger partial charge in [-0.3, -0.25) is 0 Å². The molecule has 0 aliphatic heterocycles. The van der Waals surface area contributed by atoms with Crippen LogP contribution in [0.1, 0.15) is 23.7 Å². The average molecular weight is 401 g/mol. The minimum Gasteiger partial charge on any atom is -1.00 e. The predicted octanol–water partition coefficient (Wildman–Crippen LogP) is 2.64. The van der Waals surface area contributed by atoms with Crippen LogP contribution in [0.25, 0.3) is 0 Å². The third-order valence-corrected chi connectivity index (χ3v) is 5.56. The Morgan fingerprint density at radius 1 is 1.04 bits per heavy atom. The van der Waals surface area contributed by atoms with Gasteiger partial charge >= 0.3 is 5.13 Å². The third-order valence-electron chi connectivity index (χ3n) is 4.54. The molecule has 3 rings (SSSR count). The molecule has 0 aliphatic rings. The number of nitrogens with zero attached hydrogens (tertiary/aromatic N) is 4. The summed E-state index contributed by atoms with van der Waals surface area (Å²) in [6.45, 7) is 8.21. The summed E-state index contributed by atoms with van der Waals surface area (Å²) in [4.78, 5) is 2.37. The van der Waals surface area contributed by atoms with Gasteiger partial charge in [0.25, 0.3) is 0 Å². The monoisotopic (exact) mass is 400 g/mol. The van der Waals surface area contributed by atoms with E-state index in [0.29, 0.717) is 0 Å². The van der Waals surface area contributed by atoms with Crippen LogP contribution in [-0.4, -0.2) is 6.54 Å². The van der Waals surface area contributed by atoms with Crippen LogP contribution in [0, 0.1) is 13.8 Å². The number of anilines is 1. The Morgan fingerprint density at radius 3 is 2.37 bits per heavy atom. The van der Waals surface area contributed by atoms with E-state index in [9.17, 15) is 0 Å². The molecule has 1 aromatic heterocycles. The Hall–Kier alpha value is -2.24. The van der Waals surface area contributed by atoms with Gasteiger partial charge in [-0.25, -0.2) is 4.57 Å². The number of hydrogen-bond acceptors (Lipinski definition) is 4. The molecule has 0 amide bonds. The lowest BCUT2D eigenvalue weighted by atomic mass is 10.1. The molecule has 0 spiro atoms. The summed E-state index contributed by atoms with van der Waals surface area (Å²) >= 11 is 1.61. The molecule has 1 heterocycles. The Morgan fingerprint density at radius 2 is 1.78 bits per heavy atom. The fraction of sp³-hybridized carbons (Fsp3) is 0.286. The molecule has 27 heavy (non-hydrogen) atoms. The van der Waals surface area contributed by atoms with Crippen molar-refractivity contribution in [3.05, 3.63) is 70.7 Å². The van der Waals surface area contributed by atoms with Crippen LogP contribution in [0.15, 0.2) is 64.1 Å². The molecule has 4 nitrogen and oxygen atoms in total. The van der Waals surface area contributed by atoms with Crippen molar-refractivity contribution >= 4 is 27.8 Å². The van der Waals surface area contributed by atoms with E-state index in [1.165, 1.54) is 16.9 Å². The zero-order valence-electron chi connectivity index (χ0n) is 16.2. The molecule has 0 saturated carbocycles. The summed E-state index contributed by atoms with van der Waals surface area (Å²) in [6.07, 6.45) is 0. The number of halogens is 1. The van der Waals surface area contributed by atoms with Crippen molar-refractivity contribution in [3.8, 4) is 0 Å². The summed E-state index contributed by atoms with van der Waals surface area (Å²) in [5, 5.41) is 11.9. The van der Waals surface area contributed by atoms with Gasteiger partial charge in [-0.1, -0.05) is 30.3 Å². The number of aromatic nitrogens is 1. The lowest BCUT2D eigenvalue weighted by molar-refractivity contribution is -0.660. The lowest BCUT2D eigenvalue weighted by Crippen LogP contribution is -3.00. The predicted molar refractivity (Wildman–Crippen MR) is 109 cm³/mol. The highest BCUT2D eigenvalue weighted by Crippen LogP contribution is 2.27. The summed E-state index contributed by atoms with van der Waals surface area (Å²) in [5.74, 6) is 0. The maximum Gasteiger partial charge on any atom is 0.408 e. The zero-order valence-corrected chi connectivity index (χ0v) is 17.8. The maximum absolute atomic E-state index is 4.46. The smallest absolute Gasteiger partial charge is 0.408 e. The highest BCUT2D eigenvalue weighted by atomic mass is 35.5. The zero-order chi connectivity index (χ0) is 18.5. The molecular weight excluding hydrogens is 376 g/mol. The van der Waals surface area contributed by atoms with E-state index in [2.05, 4.69) is 94.4 Å². The molecule has 0 atom stereocenters. The molecule has 0 saturated heterocycles. The van der Waals surface area contributed by atoms with Gasteiger partial charge in [0.05, 0.1) is 12.2 Å². The van der Waals surface area contributed by atoms with Gasteiger partial charge in [0.1, 0.15) is 11.4 Å². The highest BCUT2D eigenvalue weighted by Gasteiger charge is 2.13. The van der Waals surface area contributed by atoms with Gasteiger partial charge in [-0.15, -0.1) is 0 Å². The number of azo groups is 1. The SMILES string of the molecule is CCN(Cc1ccccc1)c1ccc(/N=N/c2scc(C)[n+]2C)c(C)c1.[Cl-]. The number of thiazole rings is 1. The quantitative estimate of drug-likeness (QED) is 0.462. The van der Waals surface area contributed by atoms with Crippen LogP contribution < -0.4 is 21.9 Å². The van der Waals surface area contributed by atoms with Gasteiger partial charge in [0, 0.05) is 24.2 Å². The van der Waals surface area contributed by atoms with Crippen LogP contribution in [0.2, 0.25) is 0 Å². The van der Waals surface area contributed by atoms with Gasteiger partial charge in [-0.2, -0.15) is 0 Å². The largest absolute Gasteiger partial charge is 1.00 e. The maximum atomic E-state index is 4.46. The lowest BCUT2D eigenvalue weighted by Gasteiger charge is -2.23. The van der Waals surface area contributed by atoms with Crippen molar-refractivity contribution in [1.29, 1.82) is 0 Å². The summed E-state index contributed by atoms with van der Waals surface area (Å²) in [5.41, 5.74) is 5.77. The minimum atomic E-state index is 0. The van der Waals surface area contributed by atoms with E-state index in [-0.39, 0.29) is 12.4 Å². The molecule has 3 aromatic rings. The molecule has 0 fully saturated rings. The fourth-order valence-corrected chi connectivity index (χ4v) is 3.60. The molecule has 0 radical (unpaired) electrons. The first-order valence-corrected chi connectivity index (χ1v) is 9.72. The Labute approximate surface area is 171 Å². The molecule has 0 unspecified atom stereocenters. The van der Waals surface area contributed by atoms with Crippen LogP contribution in [-0.2, 0) is 13.6 Å². The van der Waals surface area contributed by atoms with Crippen molar-refractivity contribution in [2.45, 2.75) is 27.3 Å². The molecule has 6 heteroatoms. The number of benzene rings is 2. The topological polar surface area (TPSA) is 31.8 Å². The van der Waals surface area contributed by atoms with Gasteiger partial charge in [0.2, 0.25) is 0 Å². The molecule has 0 bridgehead atoms. The summed E-state index contributed by atoms with van der Waals surface area (Å²) in [6, 6.07) is 17.0. The van der Waals surface area contributed by atoms with Crippen LogP contribution in [0.3, 0.4) is 0 Å². The summed E-state index contributed by atoms with van der Waals surface area (Å²) < 4.78 is 2.05. The highest BCUT2D eigenvalue weighted by molar-refractivity contribution is 7.12. The van der Waals surface area contributed by atoms with Crippen LogP contribution >= 0.6 is 11.3 Å². The normalized spacial score (nSPS) is 10.8. The standard InChI is InChI=1S/C21H25N4S.ClH/c1-5-25(14-18-9-7-6-8-10-18)19-11-12-20(16(2)13-19)22-23-21-24(4)17(3)15-26-21;/h6-13,15H,5,14H2,1-4H3;1H/q+1;/p-1. The molecule has 2 aromatic carbocycles. The van der Waals surface area contributed by atoms with E-state index in [1.807, 2.05) is 7.05 Å². The second-order valence-corrected chi connectivity index (χ2v) is 7.23. The van der Waals surface area contributed by atoms with Crippen LogP contribution in [0.4, 0.5) is 16.5 Å². The molecular formula is C21H25ClN4S. The molecule has 0 aliphatic carbocycles. The van der Waals surface area contributed by atoms with Crippen molar-refractivity contribution in [3.63, 3.8) is 0 Å². The van der Waals surface area contributed by atoms with E-state index in [0.717, 1.165) is 29.5 Å². The summed E-state index contributed by atoms with van der Waals surface area (Å²) in [7, 11) is 2.01. The third kappa shape index (κ3) is 5.15. The second kappa shape index (κ2) is 9.62. The molecule has 0 N–H and O–H groups in total. The fourth-order valence-electron chi connectivity index (χ4n) is 2.77. The second-order valence-electron chi connectivity index (χ2n) is 6.39. The van der Waals surface area contributed by atoms with Gasteiger partial charge < -0.3 is 17.3 Å².